The molecule has 0 aliphatic carbocycles. The second-order valence-corrected chi connectivity index (χ2v) is 5.31. The van der Waals surface area contributed by atoms with Crippen molar-refractivity contribution in [2.24, 2.45) is 0 Å². The summed E-state index contributed by atoms with van der Waals surface area (Å²) in [6.45, 7) is 3.19. The minimum Gasteiger partial charge on any atom is -0.393 e. The highest BCUT2D eigenvalue weighted by molar-refractivity contribution is 7.13. The van der Waals surface area contributed by atoms with Gasteiger partial charge < -0.3 is 9.63 Å². The van der Waals surface area contributed by atoms with E-state index in [9.17, 15) is 5.11 Å². The smallest absolute Gasteiger partial charge is 0.241 e. The summed E-state index contributed by atoms with van der Waals surface area (Å²) in [6.07, 6.45) is 0.458. The van der Waals surface area contributed by atoms with E-state index < -0.39 is 0 Å². The molecule has 1 N–H and O–H groups in total. The molecule has 0 amide bonds. The molecule has 2 heterocycles. The van der Waals surface area contributed by atoms with E-state index in [1.807, 2.05) is 24.6 Å². The molecule has 0 aliphatic heterocycles. The molecule has 1 atom stereocenters. The first-order valence-electron chi connectivity index (χ1n) is 5.88. The third-order valence-corrected chi connectivity index (χ3v) is 3.41. The fourth-order valence-electron chi connectivity index (χ4n) is 1.54. The van der Waals surface area contributed by atoms with E-state index in [0.717, 1.165) is 17.8 Å². The Morgan fingerprint density at radius 1 is 1.56 bits per heavy atom. The summed E-state index contributed by atoms with van der Waals surface area (Å²) >= 11 is 1.59. The predicted molar refractivity (Wildman–Crippen MR) is 70.2 cm³/mol. The molecule has 1 unspecified atom stereocenters. The van der Waals surface area contributed by atoms with Crippen LogP contribution < -0.4 is 0 Å². The first-order chi connectivity index (χ1) is 8.65. The van der Waals surface area contributed by atoms with Crippen molar-refractivity contribution in [1.29, 1.82) is 0 Å². The number of aromatic nitrogens is 2. The molecule has 18 heavy (non-hydrogen) atoms. The summed E-state index contributed by atoms with van der Waals surface area (Å²) < 4.78 is 5.21. The lowest BCUT2D eigenvalue weighted by Crippen LogP contribution is -2.22. The Morgan fingerprint density at radius 2 is 2.39 bits per heavy atom. The lowest BCUT2D eigenvalue weighted by atomic mass is 10.3. The maximum Gasteiger partial charge on any atom is 0.241 e. The van der Waals surface area contributed by atoms with Gasteiger partial charge in [-0.05, 0) is 31.8 Å². The molecule has 98 valence electrons. The van der Waals surface area contributed by atoms with Crippen molar-refractivity contribution in [3.63, 3.8) is 0 Å². The normalized spacial score (nSPS) is 13.1. The minimum atomic E-state index is -0.281. The zero-order valence-corrected chi connectivity index (χ0v) is 11.4. The van der Waals surface area contributed by atoms with Crippen LogP contribution in [0.15, 0.2) is 22.0 Å². The van der Waals surface area contributed by atoms with Crippen molar-refractivity contribution >= 4 is 11.3 Å². The highest BCUT2D eigenvalue weighted by Crippen LogP contribution is 2.21. The van der Waals surface area contributed by atoms with E-state index in [1.54, 1.807) is 18.3 Å². The molecule has 0 saturated heterocycles. The number of aliphatic hydroxyl groups is 1. The Morgan fingerprint density at radius 3 is 3.06 bits per heavy atom. The van der Waals surface area contributed by atoms with E-state index in [-0.39, 0.29) is 6.10 Å². The van der Waals surface area contributed by atoms with E-state index in [1.165, 1.54) is 0 Å². The van der Waals surface area contributed by atoms with Gasteiger partial charge in [0.15, 0.2) is 0 Å². The average molecular weight is 267 g/mol. The maximum atomic E-state index is 9.22. The summed E-state index contributed by atoms with van der Waals surface area (Å²) in [7, 11) is 1.97. The zero-order chi connectivity index (χ0) is 13.0. The average Bonchev–Trinajstić information content (AvgIpc) is 2.95. The fraction of sp³-hybridized carbons (Fsp3) is 0.500. The molecular weight excluding hydrogens is 250 g/mol. The molecular formula is C12H17N3O2S. The predicted octanol–water partition coefficient (Wildman–Crippen LogP) is 2.00. The Balaban J connectivity index is 1.90. The van der Waals surface area contributed by atoms with Crippen molar-refractivity contribution < 1.29 is 9.63 Å². The monoisotopic (exact) mass is 267 g/mol. The van der Waals surface area contributed by atoms with Gasteiger partial charge in [-0.25, -0.2) is 0 Å². The molecule has 6 heteroatoms. The van der Waals surface area contributed by atoms with Crippen LogP contribution in [0.4, 0.5) is 0 Å². The van der Waals surface area contributed by atoms with Gasteiger partial charge in [0.05, 0.1) is 17.5 Å². The largest absolute Gasteiger partial charge is 0.393 e. The molecule has 2 rings (SSSR count). The fourth-order valence-corrected chi connectivity index (χ4v) is 2.19. The summed E-state index contributed by atoms with van der Waals surface area (Å²) in [5.41, 5.74) is 0. The topological polar surface area (TPSA) is 62.4 Å². The van der Waals surface area contributed by atoms with Crippen molar-refractivity contribution in [1.82, 2.24) is 15.0 Å². The molecule has 0 aliphatic rings. The SMILES string of the molecule is CC(O)CCN(C)Cc1nc(-c2cccs2)no1. The van der Waals surface area contributed by atoms with E-state index in [0.29, 0.717) is 18.3 Å². The highest BCUT2D eigenvalue weighted by Gasteiger charge is 2.11. The van der Waals surface area contributed by atoms with Crippen molar-refractivity contribution in [2.45, 2.75) is 26.0 Å². The van der Waals surface area contributed by atoms with Crippen LogP contribution in [0.2, 0.25) is 0 Å². The van der Waals surface area contributed by atoms with Crippen LogP contribution >= 0.6 is 11.3 Å². The summed E-state index contributed by atoms with van der Waals surface area (Å²) in [4.78, 5) is 7.41. The van der Waals surface area contributed by atoms with Gasteiger partial charge in [0.2, 0.25) is 11.7 Å². The Hall–Kier alpha value is -1.24. The van der Waals surface area contributed by atoms with Crippen LogP contribution in [0.5, 0.6) is 0 Å². The third kappa shape index (κ3) is 3.63. The Labute approximate surface area is 110 Å². The van der Waals surface area contributed by atoms with Crippen molar-refractivity contribution in [2.75, 3.05) is 13.6 Å². The van der Waals surface area contributed by atoms with Crippen molar-refractivity contribution in [3.05, 3.63) is 23.4 Å². The lowest BCUT2D eigenvalue weighted by Gasteiger charge is -2.14. The number of thiophene rings is 1. The van der Waals surface area contributed by atoms with E-state index >= 15 is 0 Å². The maximum absolute atomic E-state index is 9.22. The first kappa shape index (κ1) is 13.2. The molecule has 5 nitrogen and oxygen atoms in total. The number of aliphatic hydroxyl groups excluding tert-OH is 1. The van der Waals surface area contributed by atoms with Gasteiger partial charge in [0, 0.05) is 6.54 Å². The third-order valence-electron chi connectivity index (χ3n) is 2.54. The Kier molecular flexibility index (Phi) is 4.46. The molecule has 2 aromatic heterocycles. The van der Waals surface area contributed by atoms with Gasteiger partial charge in [0.1, 0.15) is 0 Å². The summed E-state index contributed by atoms with van der Waals surface area (Å²) in [6, 6.07) is 3.93. The van der Waals surface area contributed by atoms with Gasteiger partial charge >= 0.3 is 0 Å². The van der Waals surface area contributed by atoms with Crippen molar-refractivity contribution in [3.8, 4) is 10.7 Å². The van der Waals surface area contributed by atoms with Crippen LogP contribution in [0.3, 0.4) is 0 Å². The number of nitrogens with zero attached hydrogens (tertiary/aromatic N) is 3. The molecule has 0 fully saturated rings. The van der Waals surface area contributed by atoms with Gasteiger partial charge in [-0.2, -0.15) is 4.98 Å². The van der Waals surface area contributed by atoms with Gasteiger partial charge in [0.25, 0.3) is 0 Å². The van der Waals surface area contributed by atoms with E-state index in [4.69, 9.17) is 4.52 Å². The number of hydrogen-bond acceptors (Lipinski definition) is 6. The summed E-state index contributed by atoms with van der Waals surface area (Å²) in [5, 5.41) is 15.2. The molecule has 0 radical (unpaired) electrons. The first-order valence-corrected chi connectivity index (χ1v) is 6.76. The van der Waals surface area contributed by atoms with Gasteiger partial charge in [-0.1, -0.05) is 11.2 Å². The highest BCUT2D eigenvalue weighted by atomic mass is 32.1. The van der Waals surface area contributed by atoms with Crippen LogP contribution in [-0.4, -0.2) is 39.8 Å². The molecule has 0 spiro atoms. The molecule has 0 saturated carbocycles. The number of rotatable bonds is 6. The second kappa shape index (κ2) is 6.08. The van der Waals surface area contributed by atoms with Crippen LogP contribution in [-0.2, 0) is 6.54 Å². The Bertz CT molecular complexity index is 467. The lowest BCUT2D eigenvalue weighted by molar-refractivity contribution is 0.158. The standard InChI is InChI=1S/C12H17N3O2S/c1-9(16)5-6-15(2)8-11-13-12(14-17-11)10-4-3-7-18-10/h3-4,7,9,16H,5-6,8H2,1-2H3. The zero-order valence-electron chi connectivity index (χ0n) is 10.5. The van der Waals surface area contributed by atoms with Crippen LogP contribution in [0, 0.1) is 0 Å². The van der Waals surface area contributed by atoms with Gasteiger partial charge in [-0.3, -0.25) is 4.90 Å². The molecule has 0 aromatic carbocycles. The van der Waals surface area contributed by atoms with Crippen LogP contribution in [0.1, 0.15) is 19.2 Å². The van der Waals surface area contributed by atoms with Crippen LogP contribution in [0.25, 0.3) is 10.7 Å². The quantitative estimate of drug-likeness (QED) is 0.867. The minimum absolute atomic E-state index is 0.281. The van der Waals surface area contributed by atoms with E-state index in [2.05, 4.69) is 15.0 Å². The summed E-state index contributed by atoms with van der Waals surface area (Å²) in [5.74, 6) is 1.25. The molecule has 0 bridgehead atoms. The second-order valence-electron chi connectivity index (χ2n) is 4.36. The molecule has 2 aromatic rings. The van der Waals surface area contributed by atoms with Gasteiger partial charge in [-0.15, -0.1) is 11.3 Å². The number of hydrogen-bond donors (Lipinski definition) is 1.